The summed E-state index contributed by atoms with van der Waals surface area (Å²) in [5.41, 5.74) is -0.619. The van der Waals surface area contributed by atoms with E-state index in [0.717, 1.165) is 15.7 Å². The van der Waals surface area contributed by atoms with E-state index in [1.165, 1.54) is 7.11 Å². The maximum absolute atomic E-state index is 12.9. The normalized spacial score (nSPS) is 18.9. The third-order valence-electron chi connectivity index (χ3n) is 4.78. The minimum Gasteiger partial charge on any atom is -0.469 e. The van der Waals surface area contributed by atoms with Gasteiger partial charge in [0, 0.05) is 6.54 Å². The zero-order valence-corrected chi connectivity index (χ0v) is 15.7. The van der Waals surface area contributed by atoms with Crippen molar-refractivity contribution in [1.82, 2.24) is 15.5 Å². The minimum atomic E-state index is -1.26. The number of hydrogen-bond donors (Lipinski definition) is 2. The number of amides is 4. The second kappa shape index (κ2) is 7.67. The van der Waals surface area contributed by atoms with Gasteiger partial charge in [-0.15, -0.1) is 0 Å². The third kappa shape index (κ3) is 3.66. The van der Waals surface area contributed by atoms with Crippen LogP contribution < -0.4 is 10.6 Å². The first-order valence-electron chi connectivity index (χ1n) is 8.82. The van der Waals surface area contributed by atoms with Gasteiger partial charge in [-0.05, 0) is 29.3 Å². The molecule has 1 fully saturated rings. The van der Waals surface area contributed by atoms with Crippen LogP contribution in [0.5, 0.6) is 0 Å². The highest BCUT2D eigenvalue weighted by Gasteiger charge is 2.49. The number of esters is 1. The fourth-order valence-corrected chi connectivity index (χ4v) is 3.14. The predicted molar refractivity (Wildman–Crippen MR) is 101 cm³/mol. The van der Waals surface area contributed by atoms with E-state index in [1.54, 1.807) is 13.0 Å². The molecule has 0 spiro atoms. The second-order valence-electron chi connectivity index (χ2n) is 6.68. The minimum absolute atomic E-state index is 0.0111. The van der Waals surface area contributed by atoms with Gasteiger partial charge in [0.1, 0.15) is 12.1 Å². The molecule has 2 N–H and O–H groups in total. The molecule has 0 bridgehead atoms. The molecule has 1 aliphatic heterocycles. The molecular formula is C20H21N3O5. The Hall–Kier alpha value is -3.42. The highest BCUT2D eigenvalue weighted by molar-refractivity contribution is 6.09. The summed E-state index contributed by atoms with van der Waals surface area (Å²) in [5.74, 6) is -1.50. The van der Waals surface area contributed by atoms with Crippen molar-refractivity contribution < 1.29 is 23.9 Å². The summed E-state index contributed by atoms with van der Waals surface area (Å²) in [5, 5.41) is 7.15. The van der Waals surface area contributed by atoms with E-state index in [2.05, 4.69) is 15.4 Å². The van der Waals surface area contributed by atoms with Gasteiger partial charge in [0.15, 0.2) is 0 Å². The number of rotatable bonds is 6. The second-order valence-corrected chi connectivity index (χ2v) is 6.68. The molecule has 0 radical (unpaired) electrons. The number of methoxy groups -OCH3 is 1. The fraction of sp³-hybridized carbons (Fsp3) is 0.300. The SMILES string of the molecule is COC(=O)CCNC(=O)CN1C(=O)NC(C)(c2ccc3ccccc3c2)C1=O. The first kappa shape index (κ1) is 19.3. The Kier molecular flexibility index (Phi) is 5.30. The zero-order chi connectivity index (χ0) is 20.3. The monoisotopic (exact) mass is 383 g/mol. The molecule has 1 atom stereocenters. The molecule has 4 amide bonds. The van der Waals surface area contributed by atoms with Crippen LogP contribution in [0.15, 0.2) is 42.5 Å². The van der Waals surface area contributed by atoms with Crippen molar-refractivity contribution >= 4 is 34.6 Å². The summed E-state index contributed by atoms with van der Waals surface area (Å²) in [6, 6.07) is 12.6. The van der Waals surface area contributed by atoms with Crippen molar-refractivity contribution in [3.8, 4) is 0 Å². The van der Waals surface area contributed by atoms with E-state index >= 15 is 0 Å². The molecular weight excluding hydrogens is 362 g/mol. The Morgan fingerprint density at radius 1 is 1.14 bits per heavy atom. The van der Waals surface area contributed by atoms with Gasteiger partial charge >= 0.3 is 12.0 Å². The van der Waals surface area contributed by atoms with E-state index < -0.39 is 35.9 Å². The number of benzene rings is 2. The Morgan fingerprint density at radius 3 is 2.57 bits per heavy atom. The van der Waals surface area contributed by atoms with Crippen LogP contribution in [0, 0.1) is 0 Å². The molecule has 1 heterocycles. The highest BCUT2D eigenvalue weighted by Crippen LogP contribution is 2.30. The number of ether oxygens (including phenoxy) is 1. The molecule has 1 unspecified atom stereocenters. The first-order valence-corrected chi connectivity index (χ1v) is 8.82. The molecule has 0 aliphatic carbocycles. The number of fused-ring (bicyclic) bond motifs is 1. The Bertz CT molecular complexity index is 958. The molecule has 1 saturated heterocycles. The number of nitrogens with one attached hydrogen (secondary N) is 2. The van der Waals surface area contributed by atoms with Crippen molar-refractivity contribution in [1.29, 1.82) is 0 Å². The van der Waals surface area contributed by atoms with Gasteiger partial charge < -0.3 is 15.4 Å². The molecule has 28 heavy (non-hydrogen) atoms. The lowest BCUT2D eigenvalue weighted by Crippen LogP contribution is -2.43. The van der Waals surface area contributed by atoms with Crippen LogP contribution in [0.1, 0.15) is 18.9 Å². The first-order chi connectivity index (χ1) is 13.3. The molecule has 3 rings (SSSR count). The average molecular weight is 383 g/mol. The van der Waals surface area contributed by atoms with E-state index in [-0.39, 0.29) is 13.0 Å². The van der Waals surface area contributed by atoms with Crippen LogP contribution in [0.3, 0.4) is 0 Å². The van der Waals surface area contributed by atoms with E-state index in [4.69, 9.17) is 0 Å². The van der Waals surface area contributed by atoms with Crippen LogP contribution in [0.2, 0.25) is 0 Å². The van der Waals surface area contributed by atoms with Crippen LogP contribution >= 0.6 is 0 Å². The summed E-state index contributed by atoms with van der Waals surface area (Å²) >= 11 is 0. The lowest BCUT2D eigenvalue weighted by atomic mass is 9.90. The van der Waals surface area contributed by atoms with Gasteiger partial charge in [-0.1, -0.05) is 36.4 Å². The lowest BCUT2D eigenvalue weighted by molar-refractivity contribution is -0.140. The van der Waals surface area contributed by atoms with Gasteiger partial charge in [0.25, 0.3) is 5.91 Å². The predicted octanol–water partition coefficient (Wildman–Crippen LogP) is 1.29. The topological polar surface area (TPSA) is 105 Å². The summed E-state index contributed by atoms with van der Waals surface area (Å²) in [6.07, 6.45) is 0.0111. The van der Waals surface area contributed by atoms with Crippen molar-refractivity contribution in [3.05, 3.63) is 48.0 Å². The number of imide groups is 1. The van der Waals surface area contributed by atoms with Crippen molar-refractivity contribution in [2.24, 2.45) is 0 Å². The largest absolute Gasteiger partial charge is 0.469 e. The Morgan fingerprint density at radius 2 is 1.86 bits per heavy atom. The van der Waals surface area contributed by atoms with Gasteiger partial charge in [0.2, 0.25) is 5.91 Å². The quantitative estimate of drug-likeness (QED) is 0.578. The Labute approximate surface area is 161 Å². The highest BCUT2D eigenvalue weighted by atomic mass is 16.5. The molecule has 2 aromatic carbocycles. The molecule has 146 valence electrons. The van der Waals surface area contributed by atoms with Crippen molar-refractivity contribution in [2.45, 2.75) is 18.9 Å². The van der Waals surface area contributed by atoms with Crippen LogP contribution in [-0.2, 0) is 24.7 Å². The van der Waals surface area contributed by atoms with E-state index in [0.29, 0.717) is 5.56 Å². The van der Waals surface area contributed by atoms with Crippen molar-refractivity contribution in [2.75, 3.05) is 20.2 Å². The number of carbonyl (C=O) groups is 4. The summed E-state index contributed by atoms with van der Waals surface area (Å²) < 4.78 is 4.49. The number of carbonyl (C=O) groups excluding carboxylic acids is 4. The summed E-state index contributed by atoms with van der Waals surface area (Å²) in [7, 11) is 1.25. The molecule has 0 aromatic heterocycles. The van der Waals surface area contributed by atoms with E-state index in [9.17, 15) is 19.2 Å². The van der Waals surface area contributed by atoms with E-state index in [1.807, 2.05) is 36.4 Å². The smallest absolute Gasteiger partial charge is 0.325 e. The fourth-order valence-electron chi connectivity index (χ4n) is 3.14. The van der Waals surface area contributed by atoms with Gasteiger partial charge in [-0.2, -0.15) is 0 Å². The number of hydrogen-bond acceptors (Lipinski definition) is 5. The summed E-state index contributed by atoms with van der Waals surface area (Å²) in [6.45, 7) is 1.26. The van der Waals surface area contributed by atoms with Crippen LogP contribution in [0.4, 0.5) is 4.79 Å². The summed E-state index contributed by atoms with van der Waals surface area (Å²) in [4.78, 5) is 49.3. The van der Waals surface area contributed by atoms with Gasteiger partial charge in [-0.3, -0.25) is 19.3 Å². The maximum atomic E-state index is 12.9. The zero-order valence-electron chi connectivity index (χ0n) is 15.7. The average Bonchev–Trinajstić information content (AvgIpc) is 2.91. The molecule has 2 aromatic rings. The molecule has 1 aliphatic rings. The van der Waals surface area contributed by atoms with Crippen molar-refractivity contribution in [3.63, 3.8) is 0 Å². The van der Waals surface area contributed by atoms with Gasteiger partial charge in [-0.25, -0.2) is 4.79 Å². The van der Waals surface area contributed by atoms with Crippen LogP contribution in [0.25, 0.3) is 10.8 Å². The molecule has 8 heteroatoms. The lowest BCUT2D eigenvalue weighted by Gasteiger charge is -2.22. The molecule has 0 saturated carbocycles. The van der Waals surface area contributed by atoms with Gasteiger partial charge in [0.05, 0.1) is 13.5 Å². The standard InChI is InChI=1S/C20H21N3O5/c1-20(15-8-7-13-5-3-4-6-14(13)11-15)18(26)23(19(27)22-20)12-16(24)21-10-9-17(25)28-2/h3-8,11H,9-10,12H2,1-2H3,(H,21,24)(H,22,27). The Balaban J connectivity index is 1.72. The number of nitrogens with zero attached hydrogens (tertiary/aromatic N) is 1. The third-order valence-corrected chi connectivity index (χ3v) is 4.78. The molecule has 8 nitrogen and oxygen atoms in total. The van der Waals surface area contributed by atoms with Crippen LogP contribution in [-0.4, -0.2) is 48.9 Å². The number of urea groups is 1. The maximum Gasteiger partial charge on any atom is 0.325 e.